The lowest BCUT2D eigenvalue weighted by atomic mass is 9.72. The maximum atomic E-state index is 10.4. The van der Waals surface area contributed by atoms with Crippen molar-refractivity contribution in [2.75, 3.05) is 0 Å². The highest BCUT2D eigenvalue weighted by Gasteiger charge is 2.41. The van der Waals surface area contributed by atoms with Gasteiger partial charge in [-0.25, -0.2) is 0 Å². The minimum atomic E-state index is -0.625. The van der Waals surface area contributed by atoms with Crippen molar-refractivity contribution in [3.05, 3.63) is 0 Å². The highest BCUT2D eigenvalue weighted by atomic mass is 16.3. The maximum Gasteiger partial charge on any atom is 0.220 e. The smallest absolute Gasteiger partial charge is 0.220 e. The van der Waals surface area contributed by atoms with Gasteiger partial charge < -0.3 is 10.8 Å². The second kappa shape index (κ2) is 1.70. The summed E-state index contributed by atoms with van der Waals surface area (Å²) in [5, 5.41) is 9.12. The van der Waals surface area contributed by atoms with Crippen molar-refractivity contribution < 1.29 is 9.90 Å². The van der Waals surface area contributed by atoms with E-state index in [4.69, 9.17) is 10.8 Å². The van der Waals surface area contributed by atoms with E-state index in [1.165, 1.54) is 0 Å². The van der Waals surface area contributed by atoms with E-state index < -0.39 is 5.60 Å². The van der Waals surface area contributed by atoms with Crippen LogP contribution in [0.4, 0.5) is 0 Å². The molecule has 3 N–H and O–H groups in total. The molecule has 0 unspecified atom stereocenters. The average molecular weight is 129 g/mol. The molecule has 0 atom stereocenters. The van der Waals surface area contributed by atoms with Crippen molar-refractivity contribution in [1.82, 2.24) is 0 Å². The maximum absolute atomic E-state index is 10.4. The van der Waals surface area contributed by atoms with Crippen molar-refractivity contribution >= 4 is 5.91 Å². The van der Waals surface area contributed by atoms with Gasteiger partial charge >= 0.3 is 0 Å². The molecule has 1 aliphatic carbocycles. The van der Waals surface area contributed by atoms with E-state index in [1.807, 2.05) is 0 Å². The van der Waals surface area contributed by atoms with Gasteiger partial charge in [0.05, 0.1) is 5.60 Å². The molecule has 0 spiro atoms. The lowest BCUT2D eigenvalue weighted by Gasteiger charge is -2.38. The molecule has 3 nitrogen and oxygen atoms in total. The van der Waals surface area contributed by atoms with Crippen LogP contribution in [-0.2, 0) is 4.79 Å². The monoisotopic (exact) mass is 129 g/mol. The summed E-state index contributed by atoms with van der Waals surface area (Å²) in [6.45, 7) is 1.71. The zero-order valence-corrected chi connectivity index (χ0v) is 5.42. The molecule has 0 bridgehead atoms. The summed E-state index contributed by atoms with van der Waals surface area (Å²) in [6, 6.07) is 0. The number of amides is 1. The zero-order valence-electron chi connectivity index (χ0n) is 5.42. The molecule has 0 saturated heterocycles. The molecule has 52 valence electrons. The Kier molecular flexibility index (Phi) is 1.24. The van der Waals surface area contributed by atoms with Gasteiger partial charge in [-0.1, -0.05) is 0 Å². The molecule has 0 radical (unpaired) electrons. The largest absolute Gasteiger partial charge is 0.390 e. The van der Waals surface area contributed by atoms with Crippen molar-refractivity contribution in [3.63, 3.8) is 0 Å². The number of primary amides is 1. The Hall–Kier alpha value is -0.570. The van der Waals surface area contributed by atoms with Crippen LogP contribution in [0.3, 0.4) is 0 Å². The fraction of sp³-hybridized carbons (Fsp3) is 0.833. The van der Waals surface area contributed by atoms with Gasteiger partial charge in [0, 0.05) is 5.92 Å². The van der Waals surface area contributed by atoms with E-state index in [0.29, 0.717) is 12.8 Å². The topological polar surface area (TPSA) is 63.3 Å². The summed E-state index contributed by atoms with van der Waals surface area (Å²) >= 11 is 0. The molecule has 3 heteroatoms. The highest BCUT2D eigenvalue weighted by Crippen LogP contribution is 2.36. The molecular formula is C6H11NO2. The van der Waals surface area contributed by atoms with Crippen LogP contribution >= 0.6 is 0 Å². The first-order chi connectivity index (χ1) is 4.01. The second-order valence-corrected chi connectivity index (χ2v) is 3.00. The third-order valence-corrected chi connectivity index (χ3v) is 1.77. The lowest BCUT2D eigenvalue weighted by molar-refractivity contribution is -0.135. The zero-order chi connectivity index (χ0) is 7.07. The van der Waals surface area contributed by atoms with Gasteiger partial charge in [-0.2, -0.15) is 0 Å². The Bertz CT molecular complexity index is 134. The predicted octanol–water partition coefficient (Wildman–Crippen LogP) is -0.367. The molecule has 1 saturated carbocycles. The van der Waals surface area contributed by atoms with E-state index in [0.717, 1.165) is 0 Å². The summed E-state index contributed by atoms with van der Waals surface area (Å²) in [6.07, 6.45) is 1.06. The van der Waals surface area contributed by atoms with Crippen LogP contribution in [0.2, 0.25) is 0 Å². The van der Waals surface area contributed by atoms with Crippen LogP contribution in [0.5, 0.6) is 0 Å². The molecule has 0 aromatic rings. The summed E-state index contributed by atoms with van der Waals surface area (Å²) in [5.74, 6) is -0.374. The Labute approximate surface area is 53.9 Å². The molecule has 0 aromatic heterocycles. The van der Waals surface area contributed by atoms with Crippen molar-refractivity contribution in [3.8, 4) is 0 Å². The fourth-order valence-electron chi connectivity index (χ4n) is 1.20. The van der Waals surface area contributed by atoms with Gasteiger partial charge in [0.15, 0.2) is 0 Å². The average Bonchev–Trinajstić information content (AvgIpc) is 1.59. The van der Waals surface area contributed by atoms with Gasteiger partial charge in [-0.15, -0.1) is 0 Å². The fourth-order valence-corrected chi connectivity index (χ4v) is 1.20. The lowest BCUT2D eigenvalue weighted by Crippen LogP contribution is -2.46. The third-order valence-electron chi connectivity index (χ3n) is 1.77. The standard InChI is InChI=1S/C6H11NO2/c1-6(9)2-4(3-6)5(7)8/h4,9H,2-3H2,1H3,(H2,7,8). The molecule has 1 amide bonds. The number of hydrogen-bond acceptors (Lipinski definition) is 2. The minimum absolute atomic E-state index is 0.0833. The molecule has 0 aliphatic heterocycles. The van der Waals surface area contributed by atoms with Crippen LogP contribution in [0, 0.1) is 5.92 Å². The molecule has 1 aliphatic rings. The van der Waals surface area contributed by atoms with Crippen LogP contribution in [0.1, 0.15) is 19.8 Å². The summed E-state index contributed by atoms with van der Waals surface area (Å²) in [5.41, 5.74) is 4.34. The van der Waals surface area contributed by atoms with Crippen LogP contribution in [0.15, 0.2) is 0 Å². The molecule has 1 fully saturated rings. The normalized spacial score (nSPS) is 41.8. The van der Waals surface area contributed by atoms with Crippen molar-refractivity contribution in [2.24, 2.45) is 11.7 Å². The van der Waals surface area contributed by atoms with E-state index in [2.05, 4.69) is 0 Å². The number of aliphatic hydroxyl groups is 1. The number of hydrogen-bond donors (Lipinski definition) is 2. The number of carbonyl (C=O) groups excluding carboxylic acids is 1. The number of nitrogens with two attached hydrogens (primary N) is 1. The van der Waals surface area contributed by atoms with Gasteiger partial charge in [0.25, 0.3) is 0 Å². The van der Waals surface area contributed by atoms with Gasteiger partial charge in [0.2, 0.25) is 5.91 Å². The molecule has 0 aromatic carbocycles. The number of carbonyl (C=O) groups is 1. The van der Waals surface area contributed by atoms with E-state index in [1.54, 1.807) is 6.92 Å². The molecule has 9 heavy (non-hydrogen) atoms. The third kappa shape index (κ3) is 1.21. The number of rotatable bonds is 1. The van der Waals surface area contributed by atoms with Crippen LogP contribution < -0.4 is 5.73 Å². The Morgan fingerprint density at radius 2 is 2.22 bits per heavy atom. The van der Waals surface area contributed by atoms with Crippen LogP contribution in [-0.4, -0.2) is 16.6 Å². The first-order valence-electron chi connectivity index (χ1n) is 3.03. The van der Waals surface area contributed by atoms with Crippen molar-refractivity contribution in [2.45, 2.75) is 25.4 Å². The summed E-state index contributed by atoms with van der Waals surface area (Å²) in [4.78, 5) is 10.4. The minimum Gasteiger partial charge on any atom is -0.390 e. The van der Waals surface area contributed by atoms with E-state index in [9.17, 15) is 4.79 Å². The first kappa shape index (κ1) is 6.55. The SMILES string of the molecule is CC1(O)CC(C(N)=O)C1. The predicted molar refractivity (Wildman–Crippen MR) is 32.5 cm³/mol. The van der Waals surface area contributed by atoms with Gasteiger partial charge in [0.1, 0.15) is 0 Å². The summed E-state index contributed by atoms with van der Waals surface area (Å²) < 4.78 is 0. The Morgan fingerprint density at radius 1 is 1.78 bits per heavy atom. The molecule has 0 heterocycles. The molecular weight excluding hydrogens is 118 g/mol. The van der Waals surface area contributed by atoms with Crippen LogP contribution in [0.25, 0.3) is 0 Å². The first-order valence-corrected chi connectivity index (χ1v) is 3.03. The highest BCUT2D eigenvalue weighted by molar-refractivity contribution is 5.77. The van der Waals surface area contributed by atoms with E-state index >= 15 is 0 Å². The quantitative estimate of drug-likeness (QED) is 0.507. The second-order valence-electron chi connectivity index (χ2n) is 3.00. The molecule has 1 rings (SSSR count). The van der Waals surface area contributed by atoms with Gasteiger partial charge in [-0.05, 0) is 19.8 Å². The van der Waals surface area contributed by atoms with Crippen molar-refractivity contribution in [1.29, 1.82) is 0 Å². The van der Waals surface area contributed by atoms with E-state index in [-0.39, 0.29) is 11.8 Å². The summed E-state index contributed by atoms with van der Waals surface area (Å²) in [7, 11) is 0. The Morgan fingerprint density at radius 3 is 2.33 bits per heavy atom. The Balaban J connectivity index is 2.35. The van der Waals surface area contributed by atoms with Gasteiger partial charge in [-0.3, -0.25) is 4.79 Å².